The van der Waals surface area contributed by atoms with Crippen LogP contribution in [0.4, 0.5) is 0 Å². The number of aromatic nitrogens is 2. The number of likely N-dealkylation sites (tertiary alicyclic amines) is 1. The molecule has 100 valence electrons. The molecule has 0 aliphatic carbocycles. The zero-order chi connectivity index (χ0) is 13.0. The van der Waals surface area contributed by atoms with Crippen molar-refractivity contribution in [3.8, 4) is 0 Å². The summed E-state index contributed by atoms with van der Waals surface area (Å²) in [6.45, 7) is 3.36. The Hall–Kier alpha value is -1.43. The van der Waals surface area contributed by atoms with E-state index in [0.29, 0.717) is 18.3 Å². The Morgan fingerprint density at radius 1 is 1.56 bits per heavy atom. The van der Waals surface area contributed by atoms with Gasteiger partial charge in [0, 0.05) is 6.42 Å². The largest absolute Gasteiger partial charge is 0.468 e. The van der Waals surface area contributed by atoms with Crippen LogP contribution in [0.25, 0.3) is 0 Å². The van der Waals surface area contributed by atoms with E-state index in [0.717, 1.165) is 32.2 Å². The minimum Gasteiger partial charge on any atom is -0.468 e. The highest BCUT2D eigenvalue weighted by Gasteiger charge is 2.30. The Morgan fingerprint density at radius 2 is 2.39 bits per heavy atom. The van der Waals surface area contributed by atoms with Crippen molar-refractivity contribution in [3.05, 3.63) is 11.7 Å². The molecule has 0 amide bonds. The van der Waals surface area contributed by atoms with Crippen molar-refractivity contribution in [2.75, 3.05) is 13.7 Å². The Morgan fingerprint density at radius 3 is 3.06 bits per heavy atom. The van der Waals surface area contributed by atoms with Gasteiger partial charge in [-0.3, -0.25) is 9.69 Å². The Bertz CT molecular complexity index is 405. The second kappa shape index (κ2) is 5.95. The monoisotopic (exact) mass is 253 g/mol. The zero-order valence-electron chi connectivity index (χ0n) is 10.9. The molecule has 0 radical (unpaired) electrons. The molecule has 0 aromatic carbocycles. The predicted octanol–water partition coefficient (Wildman–Crippen LogP) is 1.16. The predicted molar refractivity (Wildman–Crippen MR) is 63.7 cm³/mol. The third-order valence-corrected chi connectivity index (χ3v) is 3.25. The summed E-state index contributed by atoms with van der Waals surface area (Å²) in [7, 11) is 1.43. The summed E-state index contributed by atoms with van der Waals surface area (Å²) in [5.41, 5.74) is 0. The van der Waals surface area contributed by atoms with Gasteiger partial charge in [0.05, 0.1) is 13.7 Å². The molecule has 1 aromatic heterocycles. The van der Waals surface area contributed by atoms with Gasteiger partial charge >= 0.3 is 5.97 Å². The quantitative estimate of drug-likeness (QED) is 0.750. The van der Waals surface area contributed by atoms with Gasteiger partial charge in [0.25, 0.3) is 0 Å². The highest BCUT2D eigenvalue weighted by molar-refractivity contribution is 5.75. The number of piperidine rings is 1. The van der Waals surface area contributed by atoms with E-state index >= 15 is 0 Å². The van der Waals surface area contributed by atoms with Crippen LogP contribution in [0.1, 0.15) is 37.9 Å². The van der Waals surface area contributed by atoms with E-state index in [1.807, 2.05) is 6.92 Å². The van der Waals surface area contributed by atoms with Crippen LogP contribution in [0.5, 0.6) is 0 Å². The maximum absolute atomic E-state index is 11.7. The number of nitrogens with zero attached hydrogens (tertiary/aromatic N) is 3. The summed E-state index contributed by atoms with van der Waals surface area (Å²) in [6.07, 6.45) is 3.73. The van der Waals surface area contributed by atoms with Gasteiger partial charge in [-0.25, -0.2) is 0 Å². The number of rotatable bonds is 4. The second-order valence-electron chi connectivity index (χ2n) is 4.46. The molecule has 1 aliphatic rings. The lowest BCUT2D eigenvalue weighted by Gasteiger charge is -2.32. The van der Waals surface area contributed by atoms with Crippen LogP contribution < -0.4 is 0 Å². The van der Waals surface area contributed by atoms with Crippen LogP contribution in [0.15, 0.2) is 4.52 Å². The van der Waals surface area contributed by atoms with Gasteiger partial charge in [0.15, 0.2) is 5.82 Å². The molecule has 18 heavy (non-hydrogen) atoms. The number of ether oxygens (including phenoxy) is 1. The molecule has 2 rings (SSSR count). The summed E-state index contributed by atoms with van der Waals surface area (Å²) in [5.74, 6) is 1.10. The maximum atomic E-state index is 11.7. The smallest absolute Gasteiger partial charge is 0.323 e. The van der Waals surface area contributed by atoms with Gasteiger partial charge in [-0.1, -0.05) is 18.5 Å². The van der Waals surface area contributed by atoms with Crippen molar-refractivity contribution in [3.63, 3.8) is 0 Å². The lowest BCUT2D eigenvalue weighted by molar-refractivity contribution is -0.148. The molecule has 1 saturated heterocycles. The lowest BCUT2D eigenvalue weighted by Crippen LogP contribution is -2.44. The number of carbonyl (C=O) groups is 1. The van der Waals surface area contributed by atoms with Crippen LogP contribution in [-0.4, -0.2) is 40.7 Å². The number of methoxy groups -OCH3 is 1. The summed E-state index contributed by atoms with van der Waals surface area (Å²) in [5, 5.41) is 3.86. The fourth-order valence-electron chi connectivity index (χ4n) is 2.25. The molecule has 2 heterocycles. The van der Waals surface area contributed by atoms with E-state index < -0.39 is 0 Å². The molecule has 1 atom stereocenters. The van der Waals surface area contributed by atoms with E-state index in [9.17, 15) is 4.79 Å². The summed E-state index contributed by atoms with van der Waals surface area (Å²) < 4.78 is 10.0. The molecule has 0 bridgehead atoms. The van der Waals surface area contributed by atoms with E-state index in [1.54, 1.807) is 0 Å². The second-order valence-corrected chi connectivity index (χ2v) is 4.46. The number of hydrogen-bond donors (Lipinski definition) is 0. The van der Waals surface area contributed by atoms with Crippen molar-refractivity contribution in [2.45, 2.75) is 45.2 Å². The number of hydrogen-bond acceptors (Lipinski definition) is 6. The molecule has 0 spiro atoms. The van der Waals surface area contributed by atoms with E-state index in [2.05, 4.69) is 15.0 Å². The van der Waals surface area contributed by atoms with E-state index in [1.165, 1.54) is 7.11 Å². The third-order valence-electron chi connectivity index (χ3n) is 3.25. The minimum absolute atomic E-state index is 0.176. The van der Waals surface area contributed by atoms with Gasteiger partial charge in [-0.15, -0.1) is 0 Å². The number of aryl methyl sites for hydroxylation is 1. The fourth-order valence-corrected chi connectivity index (χ4v) is 2.25. The van der Waals surface area contributed by atoms with Crippen LogP contribution >= 0.6 is 0 Å². The lowest BCUT2D eigenvalue weighted by atomic mass is 10.0. The van der Waals surface area contributed by atoms with Gasteiger partial charge in [0.2, 0.25) is 5.89 Å². The van der Waals surface area contributed by atoms with E-state index in [4.69, 9.17) is 9.26 Å². The molecule has 1 aromatic rings. The van der Waals surface area contributed by atoms with E-state index in [-0.39, 0.29) is 12.0 Å². The van der Waals surface area contributed by atoms with Gasteiger partial charge in [0.1, 0.15) is 6.04 Å². The van der Waals surface area contributed by atoms with Gasteiger partial charge in [-0.2, -0.15) is 4.98 Å². The molecule has 0 saturated carbocycles. The molecule has 1 fully saturated rings. The van der Waals surface area contributed by atoms with Crippen LogP contribution in [0.2, 0.25) is 0 Å². The first-order valence-corrected chi connectivity index (χ1v) is 6.38. The summed E-state index contributed by atoms with van der Waals surface area (Å²) in [4.78, 5) is 18.0. The standard InChI is InChI=1S/C12H19N3O3/c1-3-10-13-11(18-14-10)8-15-7-5-4-6-9(15)12(16)17-2/h9H,3-8H2,1-2H3. The molecule has 6 heteroatoms. The SMILES string of the molecule is CCc1noc(CN2CCCCC2C(=O)OC)n1. The number of esters is 1. The minimum atomic E-state index is -0.180. The topological polar surface area (TPSA) is 68.5 Å². The van der Waals surface area contributed by atoms with Crippen molar-refractivity contribution in [1.29, 1.82) is 0 Å². The molecule has 1 unspecified atom stereocenters. The first-order valence-electron chi connectivity index (χ1n) is 6.38. The Kier molecular flexibility index (Phi) is 4.30. The van der Waals surface area contributed by atoms with Gasteiger partial charge < -0.3 is 9.26 Å². The average molecular weight is 253 g/mol. The van der Waals surface area contributed by atoms with Crippen LogP contribution in [0.3, 0.4) is 0 Å². The van der Waals surface area contributed by atoms with Crippen molar-refractivity contribution < 1.29 is 14.1 Å². The highest BCUT2D eigenvalue weighted by Crippen LogP contribution is 2.20. The highest BCUT2D eigenvalue weighted by atomic mass is 16.5. The van der Waals surface area contributed by atoms with Crippen molar-refractivity contribution in [2.24, 2.45) is 0 Å². The first-order chi connectivity index (χ1) is 8.74. The molecule has 6 nitrogen and oxygen atoms in total. The number of carbonyl (C=O) groups excluding carboxylic acids is 1. The first kappa shape index (κ1) is 13.0. The average Bonchev–Trinajstić information content (AvgIpc) is 2.86. The van der Waals surface area contributed by atoms with Crippen molar-refractivity contribution in [1.82, 2.24) is 15.0 Å². The zero-order valence-corrected chi connectivity index (χ0v) is 10.9. The molecular formula is C12H19N3O3. The summed E-state index contributed by atoms with van der Waals surface area (Å²) >= 11 is 0. The molecule has 1 aliphatic heterocycles. The molecular weight excluding hydrogens is 234 g/mol. The molecule has 0 N–H and O–H groups in total. The van der Waals surface area contributed by atoms with Crippen LogP contribution in [0, 0.1) is 0 Å². The summed E-state index contributed by atoms with van der Waals surface area (Å²) in [6, 6.07) is -0.180. The van der Waals surface area contributed by atoms with Gasteiger partial charge in [-0.05, 0) is 19.4 Å². The van der Waals surface area contributed by atoms with Crippen molar-refractivity contribution >= 4 is 5.97 Å². The van der Waals surface area contributed by atoms with Crippen LogP contribution in [-0.2, 0) is 22.5 Å². The Balaban J connectivity index is 2.02. The third kappa shape index (κ3) is 2.87. The normalized spacial score (nSPS) is 20.9. The maximum Gasteiger partial charge on any atom is 0.323 e. The fraction of sp³-hybridized carbons (Fsp3) is 0.750. The Labute approximate surface area is 106 Å².